The second-order valence-corrected chi connectivity index (χ2v) is 8.72. The molecule has 1 N–H and O–H groups in total. The number of ether oxygens (including phenoxy) is 2. The number of benzene rings is 1. The molecule has 32 heavy (non-hydrogen) atoms. The van der Waals surface area contributed by atoms with Crippen LogP contribution in [0, 0.1) is 18.6 Å². The summed E-state index contributed by atoms with van der Waals surface area (Å²) in [7, 11) is 0. The molecular formula is C23H26F2N4O3. The lowest BCUT2D eigenvalue weighted by Gasteiger charge is -2.29. The fourth-order valence-corrected chi connectivity index (χ4v) is 3.72. The summed E-state index contributed by atoms with van der Waals surface area (Å²) in [6.45, 7) is 9.20. The predicted molar refractivity (Wildman–Crippen MR) is 118 cm³/mol. The molecule has 1 aliphatic rings. The molecule has 1 aliphatic heterocycles. The molecular weight excluding hydrogens is 418 g/mol. The summed E-state index contributed by atoms with van der Waals surface area (Å²) < 4.78 is 42.0. The summed E-state index contributed by atoms with van der Waals surface area (Å²) >= 11 is 0. The van der Waals surface area contributed by atoms with Crippen LogP contribution in [-0.4, -0.2) is 47.4 Å². The molecule has 1 amide bonds. The maximum absolute atomic E-state index is 14.8. The fourth-order valence-electron chi connectivity index (χ4n) is 3.72. The number of rotatable bonds is 3. The number of carbonyl (C=O) groups is 1. The van der Waals surface area contributed by atoms with Crippen molar-refractivity contribution in [2.75, 3.05) is 36.5 Å². The SMILES string of the molecule is Cc1c(-c2cc(N3CCOCC3)c3nccn3c2)cc(NC(=O)OC(C)(C)C)c(F)c1F. The zero-order valence-electron chi connectivity index (χ0n) is 18.5. The molecule has 0 aliphatic carbocycles. The van der Waals surface area contributed by atoms with Gasteiger partial charge in [-0.1, -0.05) is 0 Å². The van der Waals surface area contributed by atoms with Crippen molar-refractivity contribution in [2.24, 2.45) is 0 Å². The number of carbonyl (C=O) groups excluding carboxylic acids is 1. The number of hydrogen-bond donors (Lipinski definition) is 1. The zero-order valence-corrected chi connectivity index (χ0v) is 18.5. The van der Waals surface area contributed by atoms with Crippen LogP contribution < -0.4 is 10.2 Å². The zero-order chi connectivity index (χ0) is 23.0. The molecule has 170 valence electrons. The van der Waals surface area contributed by atoms with E-state index in [0.717, 1.165) is 11.3 Å². The Labute approximate surface area is 184 Å². The molecule has 1 fully saturated rings. The largest absolute Gasteiger partial charge is 0.444 e. The van der Waals surface area contributed by atoms with E-state index >= 15 is 0 Å². The highest BCUT2D eigenvalue weighted by Gasteiger charge is 2.23. The van der Waals surface area contributed by atoms with E-state index in [2.05, 4.69) is 15.2 Å². The minimum Gasteiger partial charge on any atom is -0.444 e. The number of anilines is 2. The number of amides is 1. The van der Waals surface area contributed by atoms with Gasteiger partial charge in [-0.05, 0) is 51.0 Å². The van der Waals surface area contributed by atoms with Gasteiger partial charge in [0.1, 0.15) is 5.60 Å². The van der Waals surface area contributed by atoms with E-state index in [0.29, 0.717) is 37.4 Å². The number of halogens is 2. The average molecular weight is 444 g/mol. The predicted octanol–water partition coefficient (Wildman–Crippen LogP) is 4.77. The molecule has 3 heterocycles. The van der Waals surface area contributed by atoms with E-state index in [1.54, 1.807) is 33.2 Å². The smallest absolute Gasteiger partial charge is 0.412 e. The lowest BCUT2D eigenvalue weighted by Crippen LogP contribution is -2.36. The van der Waals surface area contributed by atoms with Crippen molar-refractivity contribution in [3.63, 3.8) is 0 Å². The Kier molecular flexibility index (Phi) is 5.77. The lowest BCUT2D eigenvalue weighted by molar-refractivity contribution is 0.0635. The van der Waals surface area contributed by atoms with Gasteiger partial charge in [-0.15, -0.1) is 0 Å². The molecule has 0 radical (unpaired) electrons. The number of pyridine rings is 1. The van der Waals surface area contributed by atoms with E-state index in [1.165, 1.54) is 13.0 Å². The van der Waals surface area contributed by atoms with Gasteiger partial charge in [0.15, 0.2) is 17.3 Å². The van der Waals surface area contributed by atoms with Crippen LogP contribution in [0.1, 0.15) is 26.3 Å². The number of nitrogens with one attached hydrogen (secondary N) is 1. The molecule has 2 aromatic heterocycles. The van der Waals surface area contributed by atoms with Gasteiger partial charge in [0, 0.05) is 37.2 Å². The molecule has 7 nitrogen and oxygen atoms in total. The van der Waals surface area contributed by atoms with Crippen LogP contribution in [0.4, 0.5) is 25.0 Å². The third-order valence-electron chi connectivity index (χ3n) is 5.22. The summed E-state index contributed by atoms with van der Waals surface area (Å²) in [5.74, 6) is -2.15. The van der Waals surface area contributed by atoms with E-state index in [1.807, 2.05) is 16.7 Å². The molecule has 0 spiro atoms. The van der Waals surface area contributed by atoms with Crippen LogP contribution >= 0.6 is 0 Å². The Balaban J connectivity index is 1.79. The number of imidazole rings is 1. The fraction of sp³-hybridized carbons (Fsp3) is 0.391. The molecule has 0 bridgehead atoms. The van der Waals surface area contributed by atoms with Gasteiger partial charge >= 0.3 is 6.09 Å². The van der Waals surface area contributed by atoms with Crippen LogP contribution in [0.5, 0.6) is 0 Å². The Morgan fingerprint density at radius 3 is 2.59 bits per heavy atom. The molecule has 0 atom stereocenters. The standard InChI is InChI=1S/C23H26F2N4O3/c1-14-16(12-17(20(25)19(14)24)27-22(30)32-23(2,3)4)15-11-18(28-7-9-31-10-8-28)21-26-5-6-29(21)13-15/h5-6,11-13H,7-10H2,1-4H3,(H,27,30). The molecule has 9 heteroatoms. The van der Waals surface area contributed by atoms with E-state index in [9.17, 15) is 13.6 Å². The molecule has 1 saturated heterocycles. The quantitative estimate of drug-likeness (QED) is 0.630. The van der Waals surface area contributed by atoms with Crippen molar-refractivity contribution < 1.29 is 23.0 Å². The normalized spacial score (nSPS) is 14.6. The maximum Gasteiger partial charge on any atom is 0.412 e. The van der Waals surface area contributed by atoms with Crippen molar-refractivity contribution in [1.29, 1.82) is 0 Å². The van der Waals surface area contributed by atoms with Gasteiger partial charge < -0.3 is 18.8 Å². The molecule has 0 unspecified atom stereocenters. The van der Waals surface area contributed by atoms with Crippen molar-refractivity contribution in [2.45, 2.75) is 33.3 Å². The average Bonchev–Trinajstić information content (AvgIpc) is 3.21. The first-order valence-electron chi connectivity index (χ1n) is 10.4. The number of aromatic nitrogens is 2. The first-order valence-corrected chi connectivity index (χ1v) is 10.4. The second kappa shape index (κ2) is 8.38. The summed E-state index contributed by atoms with van der Waals surface area (Å²) in [5.41, 5.74) is 1.86. The van der Waals surface area contributed by atoms with Gasteiger partial charge in [-0.2, -0.15) is 0 Å². The van der Waals surface area contributed by atoms with Crippen molar-refractivity contribution in [3.05, 3.63) is 47.9 Å². The summed E-state index contributed by atoms with van der Waals surface area (Å²) in [6.07, 6.45) is 4.45. The Morgan fingerprint density at radius 1 is 1.19 bits per heavy atom. The molecule has 0 saturated carbocycles. The number of hydrogen-bond acceptors (Lipinski definition) is 5. The number of fused-ring (bicyclic) bond motifs is 1. The minimum absolute atomic E-state index is 0.143. The Hall–Kier alpha value is -3.20. The van der Waals surface area contributed by atoms with Crippen molar-refractivity contribution in [3.8, 4) is 11.1 Å². The van der Waals surface area contributed by atoms with Crippen LogP contribution in [0.3, 0.4) is 0 Å². The summed E-state index contributed by atoms with van der Waals surface area (Å²) in [6, 6.07) is 3.34. The van der Waals surface area contributed by atoms with Gasteiger partial charge in [0.05, 0.1) is 24.6 Å². The first-order chi connectivity index (χ1) is 15.1. The van der Waals surface area contributed by atoms with E-state index in [-0.39, 0.29) is 11.3 Å². The monoisotopic (exact) mass is 444 g/mol. The van der Waals surface area contributed by atoms with Gasteiger partial charge in [0.2, 0.25) is 0 Å². The third-order valence-corrected chi connectivity index (χ3v) is 5.22. The van der Waals surface area contributed by atoms with Crippen LogP contribution in [0.15, 0.2) is 30.7 Å². The minimum atomic E-state index is -1.13. The van der Waals surface area contributed by atoms with Gasteiger partial charge in [-0.25, -0.2) is 18.6 Å². The molecule has 4 rings (SSSR count). The molecule has 3 aromatic rings. The first kappa shape index (κ1) is 22.0. The van der Waals surface area contributed by atoms with Crippen molar-refractivity contribution >= 4 is 23.1 Å². The maximum atomic E-state index is 14.8. The van der Waals surface area contributed by atoms with Gasteiger partial charge in [-0.3, -0.25) is 5.32 Å². The third kappa shape index (κ3) is 4.38. The van der Waals surface area contributed by atoms with Crippen LogP contribution in [0.2, 0.25) is 0 Å². The van der Waals surface area contributed by atoms with Crippen LogP contribution in [-0.2, 0) is 9.47 Å². The summed E-state index contributed by atoms with van der Waals surface area (Å²) in [5, 5.41) is 2.33. The van der Waals surface area contributed by atoms with Crippen LogP contribution in [0.25, 0.3) is 16.8 Å². The van der Waals surface area contributed by atoms with Crippen molar-refractivity contribution in [1.82, 2.24) is 9.38 Å². The lowest BCUT2D eigenvalue weighted by atomic mass is 9.99. The second-order valence-electron chi connectivity index (χ2n) is 8.72. The van der Waals surface area contributed by atoms with E-state index < -0.39 is 23.3 Å². The van der Waals surface area contributed by atoms with E-state index in [4.69, 9.17) is 9.47 Å². The topological polar surface area (TPSA) is 68.1 Å². The Morgan fingerprint density at radius 2 is 1.91 bits per heavy atom. The number of nitrogens with zero attached hydrogens (tertiary/aromatic N) is 3. The van der Waals surface area contributed by atoms with Gasteiger partial charge in [0.25, 0.3) is 0 Å². The Bertz CT molecular complexity index is 1160. The highest BCUT2D eigenvalue weighted by atomic mass is 19.2. The summed E-state index contributed by atoms with van der Waals surface area (Å²) in [4.78, 5) is 18.8. The molecule has 1 aromatic carbocycles. The number of morpholine rings is 1. The highest BCUT2D eigenvalue weighted by molar-refractivity contribution is 5.87. The highest BCUT2D eigenvalue weighted by Crippen LogP contribution is 2.35.